The number of carbonyl (C=O) groups excluding carboxylic acids is 5. The molecule has 1 heterocycles. The molecule has 2 aromatic rings. The number of esters is 1. The Labute approximate surface area is 177 Å². The first-order valence-corrected chi connectivity index (χ1v) is 9.44. The van der Waals surface area contributed by atoms with Crippen molar-refractivity contribution < 1.29 is 28.7 Å². The van der Waals surface area contributed by atoms with Crippen molar-refractivity contribution in [2.75, 3.05) is 10.3 Å². The minimum atomic E-state index is -1.23. The summed E-state index contributed by atoms with van der Waals surface area (Å²) in [5, 5.41) is 5.69. The summed E-state index contributed by atoms with van der Waals surface area (Å²) in [4.78, 5) is 59.7. The third-order valence-electron chi connectivity index (χ3n) is 4.33. The number of nitrogens with one attached hydrogen (secondary N) is 3. The molecule has 5 amide bonds. The van der Waals surface area contributed by atoms with E-state index < -0.39 is 24.0 Å². The van der Waals surface area contributed by atoms with E-state index in [1.54, 1.807) is 30.3 Å². The molecule has 2 aromatic carbocycles. The Morgan fingerprint density at radius 1 is 1.00 bits per heavy atom. The van der Waals surface area contributed by atoms with Crippen LogP contribution in [-0.2, 0) is 19.1 Å². The Balaban J connectivity index is 1.54. The number of para-hydroxylation sites is 1. The fourth-order valence-corrected chi connectivity index (χ4v) is 2.71. The molecule has 0 spiro atoms. The van der Waals surface area contributed by atoms with Crippen molar-refractivity contribution in [1.82, 2.24) is 10.7 Å². The minimum absolute atomic E-state index is 0.0973. The molecule has 10 nitrogen and oxygen atoms in total. The molecular weight excluding hydrogens is 404 g/mol. The smallest absolute Gasteiger partial charge is 0.338 e. The molecule has 1 atom stereocenters. The van der Waals surface area contributed by atoms with Crippen LogP contribution in [0.5, 0.6) is 0 Å². The van der Waals surface area contributed by atoms with Gasteiger partial charge in [-0.25, -0.2) is 14.6 Å². The zero-order valence-electron chi connectivity index (χ0n) is 16.6. The lowest BCUT2D eigenvalue weighted by molar-refractivity contribution is -0.130. The Bertz CT molecular complexity index is 1010. The topological polar surface area (TPSA) is 134 Å². The van der Waals surface area contributed by atoms with Crippen molar-refractivity contribution in [3.8, 4) is 0 Å². The first kappa shape index (κ1) is 21.5. The Kier molecular flexibility index (Phi) is 6.61. The highest BCUT2D eigenvalue weighted by Gasteiger charge is 2.25. The number of hydrogen-bond donors (Lipinski definition) is 3. The number of ether oxygens (including phenoxy) is 1. The largest absolute Gasteiger partial charge is 0.449 e. The SMILES string of the molecule is CC(OC(=O)c1ccc(N2NC(=O)CCC2=O)cc1)C(=O)NC(=O)Nc1ccccc1. The highest BCUT2D eigenvalue weighted by molar-refractivity contribution is 6.04. The van der Waals surface area contributed by atoms with Crippen LogP contribution in [-0.4, -0.2) is 35.8 Å². The second kappa shape index (κ2) is 9.53. The van der Waals surface area contributed by atoms with E-state index >= 15 is 0 Å². The monoisotopic (exact) mass is 424 g/mol. The van der Waals surface area contributed by atoms with Crippen LogP contribution < -0.4 is 21.1 Å². The summed E-state index contributed by atoms with van der Waals surface area (Å²) in [6.07, 6.45) is -1.000. The molecule has 31 heavy (non-hydrogen) atoms. The van der Waals surface area contributed by atoms with Crippen molar-refractivity contribution >= 4 is 41.1 Å². The predicted octanol–water partition coefficient (Wildman–Crippen LogP) is 1.74. The molecule has 0 radical (unpaired) electrons. The van der Waals surface area contributed by atoms with Gasteiger partial charge in [0.05, 0.1) is 11.3 Å². The molecule has 1 saturated heterocycles. The van der Waals surface area contributed by atoms with Crippen molar-refractivity contribution in [1.29, 1.82) is 0 Å². The standard InChI is InChI=1S/C21H20N4O6/c1-13(19(28)23-21(30)22-15-5-3-2-4-6-15)31-20(29)14-7-9-16(10-8-14)25-18(27)12-11-17(26)24-25/h2-10,13H,11-12H2,1H3,(H,24,26)(H2,22,23,28,30). The second-order valence-corrected chi connectivity index (χ2v) is 6.67. The third kappa shape index (κ3) is 5.66. The molecular formula is C21H20N4O6. The lowest BCUT2D eigenvalue weighted by atomic mass is 10.1. The molecule has 160 valence electrons. The van der Waals surface area contributed by atoms with Gasteiger partial charge in [-0.15, -0.1) is 0 Å². The highest BCUT2D eigenvalue weighted by Crippen LogP contribution is 2.18. The molecule has 3 rings (SSSR count). The summed E-state index contributed by atoms with van der Waals surface area (Å²) in [7, 11) is 0. The number of nitrogens with zero attached hydrogens (tertiary/aromatic N) is 1. The number of anilines is 2. The van der Waals surface area contributed by atoms with E-state index in [4.69, 9.17) is 4.74 Å². The predicted molar refractivity (Wildman–Crippen MR) is 110 cm³/mol. The highest BCUT2D eigenvalue weighted by atomic mass is 16.5. The summed E-state index contributed by atoms with van der Waals surface area (Å²) in [6, 6.07) is 13.5. The van der Waals surface area contributed by atoms with E-state index in [1.807, 2.05) is 0 Å². The average molecular weight is 424 g/mol. The molecule has 0 aliphatic carbocycles. The number of urea groups is 1. The van der Waals surface area contributed by atoms with E-state index in [9.17, 15) is 24.0 Å². The first-order valence-electron chi connectivity index (χ1n) is 9.44. The average Bonchev–Trinajstić information content (AvgIpc) is 2.76. The van der Waals surface area contributed by atoms with E-state index in [0.29, 0.717) is 11.4 Å². The van der Waals surface area contributed by atoms with Gasteiger partial charge in [-0.05, 0) is 43.3 Å². The molecule has 1 aliphatic heterocycles. The zero-order chi connectivity index (χ0) is 22.4. The number of hydrogen-bond acceptors (Lipinski definition) is 6. The van der Waals surface area contributed by atoms with E-state index in [2.05, 4.69) is 16.1 Å². The van der Waals surface area contributed by atoms with Gasteiger partial charge in [0, 0.05) is 18.5 Å². The number of hydrazine groups is 1. The molecule has 0 saturated carbocycles. The van der Waals surface area contributed by atoms with Gasteiger partial charge in [0.2, 0.25) is 11.8 Å². The van der Waals surface area contributed by atoms with Gasteiger partial charge in [-0.2, -0.15) is 0 Å². The Morgan fingerprint density at radius 2 is 1.68 bits per heavy atom. The lowest BCUT2D eigenvalue weighted by Crippen LogP contribution is -2.50. The van der Waals surface area contributed by atoms with Crippen LogP contribution in [0.25, 0.3) is 0 Å². The fraction of sp³-hybridized carbons (Fsp3) is 0.190. The van der Waals surface area contributed by atoms with Crippen molar-refractivity contribution in [3.05, 3.63) is 60.2 Å². The maximum Gasteiger partial charge on any atom is 0.338 e. The molecule has 0 bridgehead atoms. The van der Waals surface area contributed by atoms with Crippen LogP contribution >= 0.6 is 0 Å². The molecule has 1 unspecified atom stereocenters. The summed E-state index contributed by atoms with van der Waals surface area (Å²) in [5.41, 5.74) is 3.47. The number of carbonyl (C=O) groups is 5. The van der Waals surface area contributed by atoms with Crippen LogP contribution in [0.15, 0.2) is 54.6 Å². The van der Waals surface area contributed by atoms with Crippen LogP contribution in [0.2, 0.25) is 0 Å². The van der Waals surface area contributed by atoms with Crippen molar-refractivity contribution in [3.63, 3.8) is 0 Å². The minimum Gasteiger partial charge on any atom is -0.449 e. The van der Waals surface area contributed by atoms with Crippen molar-refractivity contribution in [2.24, 2.45) is 0 Å². The maximum atomic E-state index is 12.3. The summed E-state index contributed by atoms with van der Waals surface area (Å²) >= 11 is 0. The summed E-state index contributed by atoms with van der Waals surface area (Å²) < 4.78 is 5.09. The van der Waals surface area contributed by atoms with Gasteiger partial charge in [-0.1, -0.05) is 18.2 Å². The summed E-state index contributed by atoms with van der Waals surface area (Å²) in [6.45, 7) is 1.33. The fourth-order valence-electron chi connectivity index (χ4n) is 2.71. The molecule has 10 heteroatoms. The summed E-state index contributed by atoms with van der Waals surface area (Å²) in [5.74, 6) is -2.13. The molecule has 3 N–H and O–H groups in total. The van der Waals surface area contributed by atoms with Gasteiger partial charge in [-0.3, -0.25) is 25.1 Å². The second-order valence-electron chi connectivity index (χ2n) is 6.67. The van der Waals surface area contributed by atoms with Gasteiger partial charge in [0.15, 0.2) is 6.10 Å². The van der Waals surface area contributed by atoms with Crippen LogP contribution in [0.1, 0.15) is 30.1 Å². The van der Waals surface area contributed by atoms with Gasteiger partial charge < -0.3 is 10.1 Å². The lowest BCUT2D eigenvalue weighted by Gasteiger charge is -2.27. The first-order chi connectivity index (χ1) is 14.8. The molecule has 1 fully saturated rings. The number of benzene rings is 2. The Morgan fingerprint density at radius 3 is 2.35 bits per heavy atom. The van der Waals surface area contributed by atoms with E-state index in [1.165, 1.54) is 31.2 Å². The van der Waals surface area contributed by atoms with Crippen molar-refractivity contribution in [2.45, 2.75) is 25.9 Å². The normalized spacial score (nSPS) is 14.3. The number of amides is 5. The number of rotatable bonds is 5. The van der Waals surface area contributed by atoms with Gasteiger partial charge in [0.25, 0.3) is 5.91 Å². The van der Waals surface area contributed by atoms with Crippen LogP contribution in [0.3, 0.4) is 0 Å². The molecule has 1 aliphatic rings. The molecule has 0 aromatic heterocycles. The van der Waals surface area contributed by atoms with Gasteiger partial charge >= 0.3 is 12.0 Å². The number of imide groups is 1. The zero-order valence-corrected chi connectivity index (χ0v) is 16.6. The quantitative estimate of drug-likeness (QED) is 0.626. The van der Waals surface area contributed by atoms with E-state index in [-0.39, 0.29) is 30.2 Å². The van der Waals surface area contributed by atoms with Crippen LogP contribution in [0.4, 0.5) is 16.2 Å². The Hall–Kier alpha value is -4.21. The van der Waals surface area contributed by atoms with Crippen LogP contribution in [0, 0.1) is 0 Å². The van der Waals surface area contributed by atoms with E-state index in [0.717, 1.165) is 5.01 Å². The van der Waals surface area contributed by atoms with Gasteiger partial charge in [0.1, 0.15) is 0 Å². The third-order valence-corrected chi connectivity index (χ3v) is 4.33. The maximum absolute atomic E-state index is 12.3.